The molecular weight excluding hydrogens is 452 g/mol. The molecule has 9 heteroatoms. The summed E-state index contributed by atoms with van der Waals surface area (Å²) in [6, 6.07) is 17.2. The van der Waals surface area contributed by atoms with Gasteiger partial charge in [-0.05, 0) is 67.9 Å². The van der Waals surface area contributed by atoms with E-state index < -0.39 is 22.0 Å². The molecule has 3 rings (SSSR count). The maximum Gasteiger partial charge on any atom is 0.242 e. The van der Waals surface area contributed by atoms with Crippen molar-refractivity contribution in [3.05, 3.63) is 77.3 Å². The summed E-state index contributed by atoms with van der Waals surface area (Å²) in [5.41, 5.74) is 0.979. The zero-order valence-corrected chi connectivity index (χ0v) is 19.3. The van der Waals surface area contributed by atoms with Crippen LogP contribution in [0.3, 0.4) is 0 Å². The standard InChI is InChI=1S/C23H23ClN2O5S/c1-15-13-19(10-12-21(15)30-3)32(28,29)26-16(2)23(27)25-20-14-17(24)9-11-22(20)31-18-7-5-4-6-8-18/h4-14,16,26H,1-3H3,(H,25,27)/t16-/m1/s1. The highest BCUT2D eigenvalue weighted by atomic mass is 35.5. The van der Waals surface area contributed by atoms with Crippen LogP contribution in [0.5, 0.6) is 17.2 Å². The lowest BCUT2D eigenvalue weighted by atomic mass is 10.2. The first-order valence-electron chi connectivity index (χ1n) is 9.70. The number of amides is 1. The molecule has 0 spiro atoms. The molecule has 3 aromatic carbocycles. The summed E-state index contributed by atoms with van der Waals surface area (Å²) in [6.45, 7) is 3.19. The van der Waals surface area contributed by atoms with Crippen molar-refractivity contribution in [3.8, 4) is 17.2 Å². The Morgan fingerprint density at radius 2 is 1.69 bits per heavy atom. The van der Waals surface area contributed by atoms with Crippen LogP contribution in [0.25, 0.3) is 0 Å². The van der Waals surface area contributed by atoms with E-state index in [0.717, 1.165) is 0 Å². The molecule has 0 heterocycles. The van der Waals surface area contributed by atoms with E-state index in [0.29, 0.717) is 33.5 Å². The Balaban J connectivity index is 1.75. The molecule has 2 N–H and O–H groups in total. The van der Waals surface area contributed by atoms with Gasteiger partial charge in [-0.25, -0.2) is 8.42 Å². The van der Waals surface area contributed by atoms with E-state index in [1.54, 1.807) is 37.3 Å². The molecule has 168 valence electrons. The fourth-order valence-corrected chi connectivity index (χ4v) is 4.38. The van der Waals surface area contributed by atoms with E-state index in [1.807, 2.05) is 18.2 Å². The Labute approximate surface area is 192 Å². The highest BCUT2D eigenvalue weighted by Gasteiger charge is 2.23. The van der Waals surface area contributed by atoms with Crippen LogP contribution >= 0.6 is 11.6 Å². The number of ether oxygens (including phenoxy) is 2. The van der Waals surface area contributed by atoms with E-state index in [2.05, 4.69) is 10.0 Å². The van der Waals surface area contributed by atoms with Gasteiger partial charge < -0.3 is 14.8 Å². The van der Waals surface area contributed by atoms with Gasteiger partial charge in [-0.15, -0.1) is 0 Å². The summed E-state index contributed by atoms with van der Waals surface area (Å²) in [5.74, 6) is 0.948. The average molecular weight is 475 g/mol. The molecule has 3 aromatic rings. The number of hydrogen-bond donors (Lipinski definition) is 2. The lowest BCUT2D eigenvalue weighted by Crippen LogP contribution is -2.41. The number of aryl methyl sites for hydroxylation is 1. The Bertz CT molecular complexity index is 1220. The van der Waals surface area contributed by atoms with Gasteiger partial charge in [0.1, 0.15) is 11.5 Å². The number of anilines is 1. The third-order valence-corrected chi connectivity index (χ3v) is 6.35. The van der Waals surface area contributed by atoms with E-state index in [-0.39, 0.29) is 4.90 Å². The molecule has 0 saturated carbocycles. The fourth-order valence-electron chi connectivity index (χ4n) is 2.92. The third-order valence-electron chi connectivity index (χ3n) is 4.57. The number of methoxy groups -OCH3 is 1. The van der Waals surface area contributed by atoms with Gasteiger partial charge in [0, 0.05) is 5.02 Å². The zero-order chi connectivity index (χ0) is 23.3. The summed E-state index contributed by atoms with van der Waals surface area (Å²) < 4.78 is 38.8. The maximum atomic E-state index is 12.7. The number of sulfonamides is 1. The van der Waals surface area contributed by atoms with Crippen molar-refractivity contribution in [2.75, 3.05) is 12.4 Å². The zero-order valence-electron chi connectivity index (χ0n) is 17.8. The molecule has 7 nitrogen and oxygen atoms in total. The first kappa shape index (κ1) is 23.6. The smallest absolute Gasteiger partial charge is 0.242 e. The van der Waals surface area contributed by atoms with Crippen molar-refractivity contribution in [2.24, 2.45) is 0 Å². The van der Waals surface area contributed by atoms with Crippen LogP contribution in [-0.2, 0) is 14.8 Å². The monoisotopic (exact) mass is 474 g/mol. The Hall–Kier alpha value is -3.07. The topological polar surface area (TPSA) is 93.7 Å². The highest BCUT2D eigenvalue weighted by molar-refractivity contribution is 7.89. The minimum absolute atomic E-state index is 0.0336. The number of para-hydroxylation sites is 1. The molecule has 0 unspecified atom stereocenters. The highest BCUT2D eigenvalue weighted by Crippen LogP contribution is 2.32. The first-order chi connectivity index (χ1) is 15.2. The van der Waals surface area contributed by atoms with E-state index in [1.165, 1.54) is 32.2 Å². The van der Waals surface area contributed by atoms with Gasteiger partial charge in [0.25, 0.3) is 0 Å². The summed E-state index contributed by atoms with van der Waals surface area (Å²) in [5, 5.41) is 3.07. The number of hydrogen-bond acceptors (Lipinski definition) is 5. The van der Waals surface area contributed by atoms with Crippen LogP contribution < -0.4 is 19.5 Å². The lowest BCUT2D eigenvalue weighted by molar-refractivity contribution is -0.117. The molecule has 0 aliphatic heterocycles. The summed E-state index contributed by atoms with van der Waals surface area (Å²) in [4.78, 5) is 12.8. The SMILES string of the molecule is COc1ccc(S(=O)(=O)N[C@H](C)C(=O)Nc2cc(Cl)ccc2Oc2ccccc2)cc1C. The van der Waals surface area contributed by atoms with Crippen molar-refractivity contribution < 1.29 is 22.7 Å². The molecule has 0 aromatic heterocycles. The molecule has 32 heavy (non-hydrogen) atoms. The summed E-state index contributed by atoms with van der Waals surface area (Å²) in [6.07, 6.45) is 0. The van der Waals surface area contributed by atoms with Crippen molar-refractivity contribution in [1.29, 1.82) is 0 Å². The molecule has 0 saturated heterocycles. The normalized spacial score (nSPS) is 12.1. The van der Waals surface area contributed by atoms with Gasteiger partial charge in [0.2, 0.25) is 15.9 Å². The molecule has 1 atom stereocenters. The van der Waals surface area contributed by atoms with Crippen LogP contribution in [0.15, 0.2) is 71.6 Å². The summed E-state index contributed by atoms with van der Waals surface area (Å²) >= 11 is 6.08. The Morgan fingerprint density at radius 3 is 2.34 bits per heavy atom. The van der Waals surface area contributed by atoms with Gasteiger partial charge in [0.05, 0.1) is 23.7 Å². The first-order valence-corrected chi connectivity index (χ1v) is 11.6. The van der Waals surface area contributed by atoms with Gasteiger partial charge in [-0.3, -0.25) is 4.79 Å². The van der Waals surface area contributed by atoms with Crippen molar-refractivity contribution in [1.82, 2.24) is 4.72 Å². The second-order valence-corrected chi connectivity index (χ2v) is 9.17. The van der Waals surface area contributed by atoms with Crippen LogP contribution in [-0.4, -0.2) is 27.5 Å². The Morgan fingerprint density at radius 1 is 1.00 bits per heavy atom. The second kappa shape index (κ2) is 10.0. The molecule has 0 bridgehead atoms. The molecule has 0 aliphatic carbocycles. The average Bonchev–Trinajstić information content (AvgIpc) is 2.76. The quantitative estimate of drug-likeness (QED) is 0.491. The second-order valence-electron chi connectivity index (χ2n) is 7.02. The van der Waals surface area contributed by atoms with Crippen LogP contribution in [0.1, 0.15) is 12.5 Å². The number of benzene rings is 3. The lowest BCUT2D eigenvalue weighted by Gasteiger charge is -2.17. The van der Waals surface area contributed by atoms with E-state index in [9.17, 15) is 13.2 Å². The minimum Gasteiger partial charge on any atom is -0.496 e. The minimum atomic E-state index is -3.93. The van der Waals surface area contributed by atoms with Crippen LogP contribution in [0.2, 0.25) is 5.02 Å². The van der Waals surface area contributed by atoms with Crippen molar-refractivity contribution in [3.63, 3.8) is 0 Å². The molecule has 1 amide bonds. The van der Waals surface area contributed by atoms with Gasteiger partial charge >= 0.3 is 0 Å². The summed E-state index contributed by atoms with van der Waals surface area (Å²) in [7, 11) is -2.43. The molecule has 0 radical (unpaired) electrons. The van der Waals surface area contributed by atoms with Crippen LogP contribution in [0.4, 0.5) is 5.69 Å². The molecular formula is C23H23ClN2O5S. The van der Waals surface area contributed by atoms with Crippen molar-refractivity contribution >= 4 is 33.2 Å². The van der Waals surface area contributed by atoms with Gasteiger partial charge in [-0.1, -0.05) is 29.8 Å². The predicted molar refractivity (Wildman–Crippen MR) is 124 cm³/mol. The number of nitrogens with one attached hydrogen (secondary N) is 2. The number of rotatable bonds is 8. The Kier molecular flexibility index (Phi) is 7.40. The maximum absolute atomic E-state index is 12.7. The number of halogens is 1. The largest absolute Gasteiger partial charge is 0.496 e. The van der Waals surface area contributed by atoms with Gasteiger partial charge in [0.15, 0.2) is 5.75 Å². The molecule has 0 aliphatic rings. The van der Waals surface area contributed by atoms with E-state index in [4.69, 9.17) is 21.1 Å². The third kappa shape index (κ3) is 5.79. The number of carbonyl (C=O) groups excluding carboxylic acids is 1. The van der Waals surface area contributed by atoms with Crippen molar-refractivity contribution in [2.45, 2.75) is 24.8 Å². The van der Waals surface area contributed by atoms with E-state index >= 15 is 0 Å². The van der Waals surface area contributed by atoms with Gasteiger partial charge in [-0.2, -0.15) is 4.72 Å². The predicted octanol–water partition coefficient (Wildman–Crippen LogP) is 4.75. The molecule has 0 fully saturated rings. The number of carbonyl (C=O) groups is 1. The fraction of sp³-hybridized carbons (Fsp3) is 0.174. The van der Waals surface area contributed by atoms with Crippen LogP contribution in [0, 0.1) is 6.92 Å².